The third-order valence-corrected chi connectivity index (χ3v) is 5.93. The van der Waals surface area contributed by atoms with E-state index in [4.69, 9.17) is 33.2 Å². The highest BCUT2D eigenvalue weighted by molar-refractivity contribution is 6.36. The Kier molecular flexibility index (Phi) is 5.51. The summed E-state index contributed by atoms with van der Waals surface area (Å²) in [5, 5.41) is 2.28. The molecule has 0 unspecified atom stereocenters. The molecule has 0 bridgehead atoms. The van der Waals surface area contributed by atoms with Crippen molar-refractivity contribution in [3.05, 3.63) is 52.5 Å². The molecule has 0 aliphatic heterocycles. The van der Waals surface area contributed by atoms with Crippen molar-refractivity contribution in [2.24, 2.45) is 0 Å². The summed E-state index contributed by atoms with van der Waals surface area (Å²) in [7, 11) is 0. The maximum Gasteiger partial charge on any atom is 0.163 e. The van der Waals surface area contributed by atoms with Crippen LogP contribution in [0, 0.1) is 0 Å². The van der Waals surface area contributed by atoms with Gasteiger partial charge in [0, 0.05) is 28.6 Å². The summed E-state index contributed by atoms with van der Waals surface area (Å²) in [6.45, 7) is 3.14. The lowest BCUT2D eigenvalue weighted by atomic mass is 9.94. The fourth-order valence-electron chi connectivity index (χ4n) is 4.04. The van der Waals surface area contributed by atoms with Gasteiger partial charge in [0.15, 0.2) is 5.82 Å². The molecule has 140 valence electrons. The van der Waals surface area contributed by atoms with Crippen LogP contribution >= 0.6 is 23.2 Å². The summed E-state index contributed by atoms with van der Waals surface area (Å²) in [5.41, 5.74) is 1.76. The Balaban J connectivity index is 1.87. The Bertz CT molecular complexity index is 951. The van der Waals surface area contributed by atoms with E-state index in [0.29, 0.717) is 21.9 Å². The van der Waals surface area contributed by atoms with Crippen LogP contribution < -0.4 is 4.90 Å². The first-order valence-corrected chi connectivity index (χ1v) is 10.4. The van der Waals surface area contributed by atoms with Gasteiger partial charge in [-0.2, -0.15) is 0 Å². The molecule has 3 nitrogen and oxygen atoms in total. The number of benzene rings is 2. The first-order valence-electron chi connectivity index (χ1n) is 9.66. The maximum absolute atomic E-state index is 6.45. The second-order valence-corrected chi connectivity index (χ2v) is 7.93. The van der Waals surface area contributed by atoms with Gasteiger partial charge in [0.1, 0.15) is 5.82 Å². The second-order valence-electron chi connectivity index (χ2n) is 7.09. The number of fused-ring (bicyclic) bond motifs is 1. The normalized spacial score (nSPS) is 15.2. The molecule has 1 saturated carbocycles. The van der Waals surface area contributed by atoms with Gasteiger partial charge in [-0.25, -0.2) is 9.97 Å². The number of rotatable bonds is 4. The molecule has 2 aromatic carbocycles. The minimum Gasteiger partial charge on any atom is -0.353 e. The van der Waals surface area contributed by atoms with Crippen molar-refractivity contribution >= 4 is 39.9 Å². The van der Waals surface area contributed by atoms with E-state index in [2.05, 4.69) is 24.0 Å². The van der Waals surface area contributed by atoms with Gasteiger partial charge in [-0.15, -0.1) is 0 Å². The smallest absolute Gasteiger partial charge is 0.163 e. The Hall–Kier alpha value is -1.84. The molecular weight excluding hydrogens is 377 g/mol. The third kappa shape index (κ3) is 3.76. The van der Waals surface area contributed by atoms with E-state index in [-0.39, 0.29) is 0 Å². The lowest BCUT2D eigenvalue weighted by Gasteiger charge is -2.35. The zero-order valence-electron chi connectivity index (χ0n) is 15.5. The van der Waals surface area contributed by atoms with Crippen molar-refractivity contribution in [3.8, 4) is 11.4 Å². The maximum atomic E-state index is 6.45. The lowest BCUT2D eigenvalue weighted by Crippen LogP contribution is -2.37. The van der Waals surface area contributed by atoms with E-state index in [1.807, 2.05) is 24.3 Å². The molecule has 1 heterocycles. The van der Waals surface area contributed by atoms with Crippen molar-refractivity contribution in [1.82, 2.24) is 9.97 Å². The molecule has 3 aromatic rings. The van der Waals surface area contributed by atoms with Crippen LogP contribution in [-0.2, 0) is 0 Å². The summed E-state index contributed by atoms with van der Waals surface area (Å²) in [6, 6.07) is 14.2. The van der Waals surface area contributed by atoms with Gasteiger partial charge in [0.05, 0.1) is 10.5 Å². The average Bonchev–Trinajstić information content (AvgIpc) is 2.69. The highest BCUT2D eigenvalue weighted by Gasteiger charge is 2.24. The molecule has 0 amide bonds. The zero-order valence-corrected chi connectivity index (χ0v) is 17.0. The molecule has 0 spiro atoms. The molecule has 0 atom stereocenters. The molecule has 0 saturated heterocycles. The van der Waals surface area contributed by atoms with Crippen LogP contribution in [0.1, 0.15) is 39.0 Å². The highest BCUT2D eigenvalue weighted by atomic mass is 35.5. The summed E-state index contributed by atoms with van der Waals surface area (Å²) < 4.78 is 0. The molecule has 27 heavy (non-hydrogen) atoms. The number of anilines is 1. The van der Waals surface area contributed by atoms with Gasteiger partial charge in [-0.1, -0.05) is 54.6 Å². The minimum atomic E-state index is 0.538. The largest absolute Gasteiger partial charge is 0.353 e. The molecule has 1 aliphatic rings. The van der Waals surface area contributed by atoms with Crippen LogP contribution in [0.4, 0.5) is 5.82 Å². The monoisotopic (exact) mass is 399 g/mol. The van der Waals surface area contributed by atoms with E-state index in [1.54, 1.807) is 6.07 Å². The van der Waals surface area contributed by atoms with Gasteiger partial charge in [-0.3, -0.25) is 0 Å². The summed E-state index contributed by atoms with van der Waals surface area (Å²) in [6.07, 6.45) is 6.37. The molecule has 1 aromatic heterocycles. The average molecular weight is 400 g/mol. The van der Waals surface area contributed by atoms with Gasteiger partial charge in [0.2, 0.25) is 0 Å². The third-order valence-electron chi connectivity index (χ3n) is 5.38. The van der Waals surface area contributed by atoms with Gasteiger partial charge < -0.3 is 4.90 Å². The van der Waals surface area contributed by atoms with E-state index in [9.17, 15) is 0 Å². The number of nitrogens with zero attached hydrogens (tertiary/aromatic N) is 3. The van der Waals surface area contributed by atoms with Crippen LogP contribution in [0.25, 0.3) is 22.3 Å². The standard InChI is InChI=1S/C22H23Cl2N3/c1-2-27(16-8-4-3-5-9-16)22-18-10-6-7-11-20(18)25-21(26-22)17-13-12-15(23)14-19(17)24/h6-7,10-14,16H,2-5,8-9H2,1H3. The molecule has 5 heteroatoms. The SMILES string of the molecule is CCN(c1nc(-c2ccc(Cl)cc2Cl)nc2ccccc12)C1CCCCC1. The number of para-hydroxylation sites is 1. The second kappa shape index (κ2) is 8.04. The first-order chi connectivity index (χ1) is 13.2. The van der Waals surface area contributed by atoms with Crippen LogP contribution in [-0.4, -0.2) is 22.6 Å². The molecule has 0 N–H and O–H groups in total. The number of hydrogen-bond acceptors (Lipinski definition) is 3. The quantitative estimate of drug-likeness (QED) is 0.484. The Labute approximate surface area is 170 Å². The molecule has 4 rings (SSSR count). The topological polar surface area (TPSA) is 29.0 Å². The minimum absolute atomic E-state index is 0.538. The molecule has 1 aliphatic carbocycles. The fraction of sp³-hybridized carbons (Fsp3) is 0.364. The van der Waals surface area contributed by atoms with Crippen LogP contribution in [0.15, 0.2) is 42.5 Å². The number of halogens is 2. The molecule has 0 radical (unpaired) electrons. The predicted molar refractivity (Wildman–Crippen MR) is 115 cm³/mol. The fourth-order valence-corrected chi connectivity index (χ4v) is 4.54. The number of hydrogen-bond donors (Lipinski definition) is 0. The van der Waals surface area contributed by atoms with Crippen molar-refractivity contribution in [2.45, 2.75) is 45.1 Å². The van der Waals surface area contributed by atoms with Crippen molar-refractivity contribution in [3.63, 3.8) is 0 Å². The van der Waals surface area contributed by atoms with Gasteiger partial charge in [-0.05, 0) is 50.1 Å². The van der Waals surface area contributed by atoms with Gasteiger partial charge >= 0.3 is 0 Å². The first kappa shape index (κ1) is 18.5. The van der Waals surface area contributed by atoms with Gasteiger partial charge in [0.25, 0.3) is 0 Å². The summed E-state index contributed by atoms with van der Waals surface area (Å²) in [5.74, 6) is 1.66. The highest BCUT2D eigenvalue weighted by Crippen LogP contribution is 2.34. The summed E-state index contributed by atoms with van der Waals surface area (Å²) >= 11 is 12.5. The van der Waals surface area contributed by atoms with Crippen molar-refractivity contribution < 1.29 is 0 Å². The van der Waals surface area contributed by atoms with E-state index >= 15 is 0 Å². The van der Waals surface area contributed by atoms with Crippen LogP contribution in [0.3, 0.4) is 0 Å². The molecular formula is C22H23Cl2N3. The Morgan fingerprint density at radius 2 is 1.78 bits per heavy atom. The van der Waals surface area contributed by atoms with Crippen molar-refractivity contribution in [2.75, 3.05) is 11.4 Å². The Morgan fingerprint density at radius 1 is 1.00 bits per heavy atom. The van der Waals surface area contributed by atoms with Crippen LogP contribution in [0.5, 0.6) is 0 Å². The van der Waals surface area contributed by atoms with E-state index < -0.39 is 0 Å². The Morgan fingerprint density at radius 3 is 2.52 bits per heavy atom. The predicted octanol–water partition coefficient (Wildman–Crippen LogP) is 6.76. The lowest BCUT2D eigenvalue weighted by molar-refractivity contribution is 0.417. The molecule has 1 fully saturated rings. The zero-order chi connectivity index (χ0) is 18.8. The van der Waals surface area contributed by atoms with E-state index in [0.717, 1.165) is 28.8 Å². The van der Waals surface area contributed by atoms with E-state index in [1.165, 1.54) is 32.1 Å². The summed E-state index contributed by atoms with van der Waals surface area (Å²) in [4.78, 5) is 12.2. The number of aromatic nitrogens is 2. The van der Waals surface area contributed by atoms with Crippen molar-refractivity contribution in [1.29, 1.82) is 0 Å². The van der Waals surface area contributed by atoms with Crippen LogP contribution in [0.2, 0.25) is 10.0 Å².